The van der Waals surface area contributed by atoms with E-state index < -0.39 is 17.4 Å². The van der Waals surface area contributed by atoms with E-state index in [2.05, 4.69) is 17.0 Å². The van der Waals surface area contributed by atoms with Crippen molar-refractivity contribution in [2.45, 2.75) is 50.7 Å². The summed E-state index contributed by atoms with van der Waals surface area (Å²) in [5, 5.41) is 0. The molecule has 4 rings (SSSR count). The van der Waals surface area contributed by atoms with Gasteiger partial charge in [0, 0.05) is 30.1 Å². The Morgan fingerprint density at radius 3 is 2.25 bits per heavy atom. The van der Waals surface area contributed by atoms with Gasteiger partial charge in [0.05, 0.1) is 7.11 Å². The van der Waals surface area contributed by atoms with Crippen LogP contribution in [0.25, 0.3) is 0 Å². The number of piperidine rings is 2. The number of ketones is 1. The molecule has 2 saturated heterocycles. The minimum Gasteiger partial charge on any atom is -0.491 e. The Bertz CT molecular complexity index is 818. The van der Waals surface area contributed by atoms with Crippen LogP contribution in [0.3, 0.4) is 0 Å². The summed E-state index contributed by atoms with van der Waals surface area (Å²) in [6, 6.07) is 13.3. The second kappa shape index (κ2) is 8.00. The fourth-order valence-corrected chi connectivity index (χ4v) is 4.88. The molecule has 2 bridgehead atoms. The molecule has 2 aliphatic rings. The Kier molecular flexibility index (Phi) is 5.44. The van der Waals surface area contributed by atoms with Gasteiger partial charge in [0.25, 0.3) is 0 Å². The number of carbonyl (C=O) groups excluding carboxylic acids is 1. The largest absolute Gasteiger partial charge is 0.491 e. The molecule has 0 aliphatic carbocycles. The number of benzene rings is 2. The van der Waals surface area contributed by atoms with Crippen molar-refractivity contribution in [3.8, 4) is 5.75 Å². The molecule has 28 heavy (non-hydrogen) atoms. The molecule has 0 aromatic heterocycles. The summed E-state index contributed by atoms with van der Waals surface area (Å²) >= 11 is 0. The van der Waals surface area contributed by atoms with Crippen LogP contribution in [0.4, 0.5) is 8.78 Å². The first-order valence-corrected chi connectivity index (χ1v) is 9.93. The Labute approximate surface area is 164 Å². The highest BCUT2D eigenvalue weighted by Crippen LogP contribution is 2.39. The molecule has 0 saturated carbocycles. The fourth-order valence-electron chi connectivity index (χ4n) is 4.88. The number of rotatable bonds is 5. The molecule has 5 heteroatoms. The van der Waals surface area contributed by atoms with E-state index in [4.69, 9.17) is 4.74 Å². The van der Waals surface area contributed by atoms with E-state index in [0.717, 1.165) is 44.4 Å². The lowest BCUT2D eigenvalue weighted by Crippen LogP contribution is -2.52. The van der Waals surface area contributed by atoms with E-state index in [-0.39, 0.29) is 17.3 Å². The summed E-state index contributed by atoms with van der Waals surface area (Å²) in [4.78, 5) is 15.5. The Balaban J connectivity index is 1.52. The molecule has 2 fully saturated rings. The first-order chi connectivity index (χ1) is 13.6. The first-order valence-electron chi connectivity index (χ1n) is 9.93. The van der Waals surface area contributed by atoms with Crippen molar-refractivity contribution < 1.29 is 18.3 Å². The second-order valence-corrected chi connectivity index (χ2v) is 7.90. The van der Waals surface area contributed by atoms with Gasteiger partial charge in [0.2, 0.25) is 0 Å². The molecule has 3 nitrogen and oxygen atoms in total. The van der Waals surface area contributed by atoms with Gasteiger partial charge < -0.3 is 4.74 Å². The van der Waals surface area contributed by atoms with Crippen molar-refractivity contribution in [3.05, 3.63) is 65.2 Å². The van der Waals surface area contributed by atoms with Crippen molar-refractivity contribution >= 4 is 5.78 Å². The number of Topliss-reactive ketones (excluding diaryl/α,β-unsaturated/α-hetero) is 1. The Hall–Kier alpha value is -2.27. The summed E-state index contributed by atoms with van der Waals surface area (Å²) in [6.07, 6.45) is 4.80. The SMILES string of the molecule is COc1c(F)cc(C(=O)C2CC3CCCC(C2)N3Cc2ccccc2)cc1F. The third-order valence-corrected chi connectivity index (χ3v) is 6.19. The highest BCUT2D eigenvalue weighted by Gasteiger charge is 2.40. The zero-order valence-corrected chi connectivity index (χ0v) is 16.0. The molecule has 148 valence electrons. The lowest BCUT2D eigenvalue weighted by molar-refractivity contribution is 0.00904. The molecule has 0 radical (unpaired) electrons. The van der Waals surface area contributed by atoms with Crippen molar-refractivity contribution in [1.29, 1.82) is 0 Å². The van der Waals surface area contributed by atoms with Crippen molar-refractivity contribution in [2.75, 3.05) is 7.11 Å². The number of hydrogen-bond acceptors (Lipinski definition) is 3. The van der Waals surface area contributed by atoms with Crippen LogP contribution in [-0.4, -0.2) is 29.9 Å². The lowest BCUT2D eigenvalue weighted by atomic mass is 9.75. The molecule has 2 aliphatic heterocycles. The molecule has 2 aromatic rings. The fraction of sp³-hybridized carbons (Fsp3) is 0.435. The minimum atomic E-state index is -0.826. The van der Waals surface area contributed by atoms with Gasteiger partial charge in [-0.25, -0.2) is 8.78 Å². The van der Waals surface area contributed by atoms with Gasteiger partial charge in [0.15, 0.2) is 23.2 Å². The van der Waals surface area contributed by atoms with Gasteiger partial charge in [-0.2, -0.15) is 0 Å². The molecule has 0 N–H and O–H groups in total. The number of hydrogen-bond donors (Lipinski definition) is 0. The molecule has 2 heterocycles. The van der Waals surface area contributed by atoms with E-state index >= 15 is 0 Å². The average molecular weight is 385 g/mol. The molecular weight excluding hydrogens is 360 g/mol. The second-order valence-electron chi connectivity index (χ2n) is 7.90. The lowest BCUT2D eigenvalue weighted by Gasteiger charge is -2.48. The highest BCUT2D eigenvalue weighted by molar-refractivity contribution is 5.98. The van der Waals surface area contributed by atoms with Crippen LogP contribution in [0.15, 0.2) is 42.5 Å². The van der Waals surface area contributed by atoms with Gasteiger partial charge in [-0.1, -0.05) is 36.8 Å². The molecule has 2 unspecified atom stereocenters. The third kappa shape index (κ3) is 3.68. The number of halogens is 2. The van der Waals surface area contributed by atoms with Crippen molar-refractivity contribution in [3.63, 3.8) is 0 Å². The number of nitrogens with zero attached hydrogens (tertiary/aromatic N) is 1. The summed E-state index contributed by atoms with van der Waals surface area (Å²) in [5.74, 6) is -2.43. The standard InChI is InChI=1S/C23H25F2NO2/c1-28-23-20(24)12-17(13-21(23)25)22(27)16-10-18-8-5-9-19(11-16)26(18)14-15-6-3-2-4-7-15/h2-4,6-7,12-13,16,18-19H,5,8-11,14H2,1H3. The van der Waals surface area contributed by atoms with Crippen LogP contribution >= 0.6 is 0 Å². The van der Waals surface area contributed by atoms with Crippen LogP contribution in [0.5, 0.6) is 5.75 Å². The van der Waals surface area contributed by atoms with Crippen LogP contribution in [0.2, 0.25) is 0 Å². The van der Waals surface area contributed by atoms with Crippen molar-refractivity contribution in [2.24, 2.45) is 5.92 Å². The van der Waals surface area contributed by atoms with Gasteiger partial charge in [0.1, 0.15) is 0 Å². The van der Waals surface area contributed by atoms with Crippen LogP contribution in [-0.2, 0) is 6.54 Å². The summed E-state index contributed by atoms with van der Waals surface area (Å²) < 4.78 is 32.8. The third-order valence-electron chi connectivity index (χ3n) is 6.19. The van der Waals surface area contributed by atoms with E-state index in [9.17, 15) is 13.6 Å². The summed E-state index contributed by atoms with van der Waals surface area (Å²) in [5.41, 5.74) is 1.39. The molecule has 0 spiro atoms. The van der Waals surface area contributed by atoms with Crippen LogP contribution < -0.4 is 4.74 Å². The normalized spacial score (nSPS) is 24.8. The number of ether oxygens (including phenoxy) is 1. The summed E-state index contributed by atoms with van der Waals surface area (Å²) in [6.45, 7) is 0.892. The molecule has 2 aromatic carbocycles. The van der Waals surface area contributed by atoms with Gasteiger partial charge in [-0.3, -0.25) is 9.69 Å². The predicted molar refractivity (Wildman–Crippen MR) is 103 cm³/mol. The molecule has 0 amide bonds. The average Bonchev–Trinajstić information content (AvgIpc) is 2.68. The highest BCUT2D eigenvalue weighted by atomic mass is 19.1. The van der Waals surface area contributed by atoms with E-state index in [1.54, 1.807) is 0 Å². The van der Waals surface area contributed by atoms with E-state index in [1.165, 1.54) is 19.1 Å². The Morgan fingerprint density at radius 2 is 1.68 bits per heavy atom. The van der Waals surface area contributed by atoms with Crippen LogP contribution in [0, 0.1) is 17.6 Å². The predicted octanol–water partition coefficient (Wildman–Crippen LogP) is 4.99. The number of fused-ring (bicyclic) bond motifs is 2. The van der Waals surface area contributed by atoms with Crippen molar-refractivity contribution in [1.82, 2.24) is 4.90 Å². The van der Waals surface area contributed by atoms with Crippen LogP contribution in [0.1, 0.15) is 48.0 Å². The van der Waals surface area contributed by atoms with Gasteiger partial charge >= 0.3 is 0 Å². The van der Waals surface area contributed by atoms with Gasteiger partial charge in [-0.05, 0) is 43.4 Å². The number of methoxy groups -OCH3 is 1. The van der Waals surface area contributed by atoms with Gasteiger partial charge in [-0.15, -0.1) is 0 Å². The molecule has 2 atom stereocenters. The Morgan fingerprint density at radius 1 is 1.07 bits per heavy atom. The van der Waals surface area contributed by atoms with E-state index in [0.29, 0.717) is 12.1 Å². The molecular formula is C23H25F2NO2. The van der Waals surface area contributed by atoms with E-state index in [1.807, 2.05) is 18.2 Å². The smallest absolute Gasteiger partial charge is 0.190 e. The quantitative estimate of drug-likeness (QED) is 0.679. The maximum atomic E-state index is 14.0. The minimum absolute atomic E-state index is 0.107. The number of carbonyl (C=O) groups is 1. The summed E-state index contributed by atoms with van der Waals surface area (Å²) in [7, 11) is 1.21. The zero-order valence-electron chi connectivity index (χ0n) is 16.0. The maximum Gasteiger partial charge on any atom is 0.190 e. The topological polar surface area (TPSA) is 29.5 Å². The monoisotopic (exact) mass is 385 g/mol. The zero-order chi connectivity index (χ0) is 19.7. The maximum absolute atomic E-state index is 14.0. The first kappa shape index (κ1) is 19.1.